The van der Waals surface area contributed by atoms with Crippen molar-refractivity contribution in [2.75, 3.05) is 0 Å². The minimum absolute atomic E-state index is 0.0613. The van der Waals surface area contributed by atoms with Gasteiger partial charge in [0.2, 0.25) is 0 Å². The van der Waals surface area contributed by atoms with Crippen LogP contribution in [0.5, 0.6) is 0 Å². The van der Waals surface area contributed by atoms with Crippen molar-refractivity contribution in [3.05, 3.63) is 43.5 Å². The van der Waals surface area contributed by atoms with Gasteiger partial charge in [0.05, 0.1) is 22.7 Å². The quantitative estimate of drug-likeness (QED) is 0.569. The average Bonchev–Trinajstić information content (AvgIpc) is 2.36. The van der Waals surface area contributed by atoms with E-state index >= 15 is 0 Å². The maximum absolute atomic E-state index is 11.0. The highest BCUT2D eigenvalue weighted by molar-refractivity contribution is 5.73. The molecule has 118 valence electrons. The molecule has 0 aliphatic carbocycles. The van der Waals surface area contributed by atoms with Gasteiger partial charge in [-0.05, 0) is 12.5 Å². The Labute approximate surface area is 123 Å². The number of aliphatic carboxylic acids is 2. The van der Waals surface area contributed by atoms with Crippen molar-refractivity contribution in [3.8, 4) is 0 Å². The molecular formula is C12H12N2O8. The van der Waals surface area contributed by atoms with Crippen LogP contribution in [-0.2, 0) is 9.59 Å². The number of carbonyl (C=O) groups is 2. The molecule has 0 aromatic heterocycles. The highest BCUT2D eigenvalue weighted by atomic mass is 16.6. The van der Waals surface area contributed by atoms with E-state index in [0.717, 1.165) is 12.1 Å². The molecule has 0 heterocycles. The summed E-state index contributed by atoms with van der Waals surface area (Å²) in [6, 6.07) is 1.97. The number of rotatable bonds is 7. The molecule has 0 radical (unpaired) electrons. The van der Waals surface area contributed by atoms with Gasteiger partial charge < -0.3 is 10.2 Å². The minimum Gasteiger partial charge on any atom is -0.481 e. The Hall–Kier alpha value is -3.04. The van der Waals surface area contributed by atoms with Crippen molar-refractivity contribution < 1.29 is 29.6 Å². The number of benzene rings is 1. The fourth-order valence-electron chi connectivity index (χ4n) is 2.05. The van der Waals surface area contributed by atoms with Gasteiger partial charge in [-0.3, -0.25) is 29.8 Å². The summed E-state index contributed by atoms with van der Waals surface area (Å²) in [6.45, 7) is 1.20. The summed E-state index contributed by atoms with van der Waals surface area (Å²) in [6.07, 6.45) is -1.21. The van der Waals surface area contributed by atoms with Crippen LogP contribution in [-0.4, -0.2) is 32.0 Å². The molecule has 0 fully saturated rings. The molecule has 0 atom stereocenters. The monoisotopic (exact) mass is 312 g/mol. The van der Waals surface area contributed by atoms with Crippen molar-refractivity contribution in [3.63, 3.8) is 0 Å². The summed E-state index contributed by atoms with van der Waals surface area (Å²) >= 11 is 0. The van der Waals surface area contributed by atoms with E-state index in [0.29, 0.717) is 0 Å². The van der Waals surface area contributed by atoms with Gasteiger partial charge in [0.15, 0.2) is 0 Å². The molecule has 1 aromatic rings. The van der Waals surface area contributed by atoms with Gasteiger partial charge >= 0.3 is 11.9 Å². The zero-order valence-corrected chi connectivity index (χ0v) is 11.4. The lowest BCUT2D eigenvalue weighted by atomic mass is 9.90. The Morgan fingerprint density at radius 1 is 1.05 bits per heavy atom. The lowest BCUT2D eigenvalue weighted by Crippen LogP contribution is -2.12. The van der Waals surface area contributed by atoms with Gasteiger partial charge in [-0.25, -0.2) is 0 Å². The first-order valence-corrected chi connectivity index (χ1v) is 6.00. The standard InChI is InChI=1S/C12H12N2O8/c1-6-9(13(19)20)2-7(3-10(6)14(21)22)8(4-11(15)16)5-12(17)18/h2-3,8H,4-5H2,1H3,(H,15,16)(H,17,18). The van der Waals surface area contributed by atoms with Crippen LogP contribution in [0.15, 0.2) is 12.1 Å². The van der Waals surface area contributed by atoms with Gasteiger partial charge in [-0.15, -0.1) is 0 Å². The Balaban J connectivity index is 3.47. The maximum Gasteiger partial charge on any atom is 0.303 e. The third-order valence-corrected chi connectivity index (χ3v) is 3.08. The minimum atomic E-state index is -1.31. The van der Waals surface area contributed by atoms with Crippen molar-refractivity contribution in [2.45, 2.75) is 25.7 Å². The molecule has 10 nitrogen and oxygen atoms in total. The maximum atomic E-state index is 11.0. The fourth-order valence-corrected chi connectivity index (χ4v) is 2.05. The Kier molecular flexibility index (Phi) is 5.11. The van der Waals surface area contributed by atoms with Gasteiger partial charge in [0.25, 0.3) is 11.4 Å². The van der Waals surface area contributed by atoms with E-state index in [2.05, 4.69) is 0 Å². The van der Waals surface area contributed by atoms with E-state index in [-0.39, 0.29) is 11.1 Å². The number of carboxylic acids is 2. The smallest absolute Gasteiger partial charge is 0.303 e. The van der Waals surface area contributed by atoms with E-state index in [1.54, 1.807) is 0 Å². The summed E-state index contributed by atoms with van der Waals surface area (Å²) in [7, 11) is 0. The number of hydrogen-bond acceptors (Lipinski definition) is 6. The largest absolute Gasteiger partial charge is 0.481 e. The first-order chi connectivity index (χ1) is 10.1. The number of nitro groups is 2. The predicted octanol–water partition coefficient (Wildman–Crippen LogP) is 1.84. The summed E-state index contributed by atoms with van der Waals surface area (Å²) in [5.74, 6) is -3.72. The van der Waals surface area contributed by atoms with Gasteiger partial charge in [-0.2, -0.15) is 0 Å². The van der Waals surface area contributed by atoms with Crippen LogP contribution in [0, 0.1) is 27.2 Å². The average molecular weight is 312 g/mol. The first-order valence-electron chi connectivity index (χ1n) is 6.00. The topological polar surface area (TPSA) is 161 Å². The van der Waals surface area contributed by atoms with Gasteiger partial charge in [-0.1, -0.05) is 0 Å². The van der Waals surface area contributed by atoms with Gasteiger partial charge in [0.1, 0.15) is 5.56 Å². The van der Waals surface area contributed by atoms with Crippen molar-refractivity contribution in [1.82, 2.24) is 0 Å². The molecule has 0 unspecified atom stereocenters. The zero-order valence-electron chi connectivity index (χ0n) is 11.4. The van der Waals surface area contributed by atoms with Crippen LogP contribution >= 0.6 is 0 Å². The number of carboxylic acid groups (broad SMARTS) is 2. The van der Waals surface area contributed by atoms with Crippen molar-refractivity contribution in [1.29, 1.82) is 0 Å². The molecule has 2 N–H and O–H groups in total. The number of nitro benzene ring substituents is 2. The molecular weight excluding hydrogens is 300 g/mol. The van der Waals surface area contributed by atoms with Gasteiger partial charge in [0, 0.05) is 18.1 Å². The third kappa shape index (κ3) is 3.98. The highest BCUT2D eigenvalue weighted by Crippen LogP contribution is 2.34. The van der Waals surface area contributed by atoms with Crippen molar-refractivity contribution in [2.24, 2.45) is 0 Å². The van der Waals surface area contributed by atoms with Crippen LogP contribution in [0.2, 0.25) is 0 Å². The third-order valence-electron chi connectivity index (χ3n) is 3.08. The lowest BCUT2D eigenvalue weighted by molar-refractivity contribution is -0.395. The zero-order chi connectivity index (χ0) is 17.0. The molecule has 0 saturated heterocycles. The van der Waals surface area contributed by atoms with Crippen LogP contribution in [0.3, 0.4) is 0 Å². The molecule has 0 aliphatic rings. The Morgan fingerprint density at radius 3 is 1.68 bits per heavy atom. The van der Waals surface area contributed by atoms with E-state index in [9.17, 15) is 29.8 Å². The molecule has 1 rings (SSSR count). The normalized spacial score (nSPS) is 10.5. The highest BCUT2D eigenvalue weighted by Gasteiger charge is 2.28. The summed E-state index contributed by atoms with van der Waals surface area (Å²) < 4.78 is 0. The fraction of sp³-hybridized carbons (Fsp3) is 0.333. The predicted molar refractivity (Wildman–Crippen MR) is 71.7 cm³/mol. The molecule has 0 aliphatic heterocycles. The van der Waals surface area contributed by atoms with E-state index < -0.39 is 51.9 Å². The second kappa shape index (κ2) is 6.61. The Bertz CT molecular complexity index is 604. The Morgan fingerprint density at radius 2 is 1.41 bits per heavy atom. The number of nitrogens with zero attached hydrogens (tertiary/aromatic N) is 2. The van der Waals surface area contributed by atoms with Crippen LogP contribution in [0.4, 0.5) is 11.4 Å². The first kappa shape index (κ1) is 17.0. The summed E-state index contributed by atoms with van der Waals surface area (Å²) in [5, 5.41) is 39.6. The molecule has 0 spiro atoms. The summed E-state index contributed by atoms with van der Waals surface area (Å²) in [4.78, 5) is 41.9. The second-order valence-corrected chi connectivity index (χ2v) is 4.59. The molecule has 10 heteroatoms. The van der Waals surface area contributed by atoms with E-state index in [1.807, 2.05) is 0 Å². The summed E-state index contributed by atoms with van der Waals surface area (Å²) in [5.41, 5.74) is -1.34. The SMILES string of the molecule is Cc1c([N+](=O)[O-])cc(C(CC(=O)O)CC(=O)O)cc1[N+](=O)[O-]. The molecule has 0 amide bonds. The van der Waals surface area contributed by atoms with Crippen LogP contribution in [0.25, 0.3) is 0 Å². The molecule has 0 bridgehead atoms. The molecule has 1 aromatic carbocycles. The molecule has 22 heavy (non-hydrogen) atoms. The van der Waals surface area contributed by atoms with E-state index in [1.165, 1.54) is 6.92 Å². The van der Waals surface area contributed by atoms with Crippen LogP contribution in [0.1, 0.15) is 29.9 Å². The number of hydrogen-bond donors (Lipinski definition) is 2. The van der Waals surface area contributed by atoms with Crippen molar-refractivity contribution >= 4 is 23.3 Å². The van der Waals surface area contributed by atoms with E-state index in [4.69, 9.17) is 10.2 Å². The second-order valence-electron chi connectivity index (χ2n) is 4.59. The van der Waals surface area contributed by atoms with Crippen LogP contribution < -0.4 is 0 Å². The molecule has 0 saturated carbocycles. The lowest BCUT2D eigenvalue weighted by Gasteiger charge is -2.13.